The summed E-state index contributed by atoms with van der Waals surface area (Å²) in [6.45, 7) is 0.521. The maximum Gasteiger partial charge on any atom is 0.159 e. The van der Waals surface area contributed by atoms with Crippen LogP contribution in [0.15, 0.2) is 54.6 Å². The van der Waals surface area contributed by atoms with Crippen LogP contribution in [0, 0.1) is 0 Å². The van der Waals surface area contributed by atoms with Gasteiger partial charge in [0.2, 0.25) is 0 Å². The van der Waals surface area contributed by atoms with Gasteiger partial charge in [-0.3, -0.25) is 0 Å². The number of carbonyl (C=O) groups excluding carboxylic acids is 1. The van der Waals surface area contributed by atoms with Gasteiger partial charge in [0.25, 0.3) is 0 Å². The topological polar surface area (TPSA) is 66.0 Å². The number of aliphatic carboxylic acids is 1. The molecule has 1 heterocycles. The van der Waals surface area contributed by atoms with E-state index in [1.165, 1.54) is 0 Å². The number of ether oxygens (including phenoxy) is 1. The van der Waals surface area contributed by atoms with E-state index in [1.807, 2.05) is 59.9 Å². The van der Waals surface area contributed by atoms with Crippen molar-refractivity contribution in [1.29, 1.82) is 0 Å². The summed E-state index contributed by atoms with van der Waals surface area (Å²) in [5.41, 5.74) is 2.19. The first-order valence-electron chi connectivity index (χ1n) is 7.16. The largest absolute Gasteiger partial charge is 0.544 e. The molecule has 2 N–H and O–H groups in total. The first-order valence-corrected chi connectivity index (χ1v) is 8.21. The Hall–Kier alpha value is -1.98. The summed E-state index contributed by atoms with van der Waals surface area (Å²) in [6, 6.07) is 17.4. The molecule has 0 aliphatic carbocycles. The second-order valence-electron chi connectivity index (χ2n) is 5.22. The Bertz CT molecular complexity index is 647. The summed E-state index contributed by atoms with van der Waals surface area (Å²) in [7, 11) is 0. The molecule has 5 heteroatoms. The smallest absolute Gasteiger partial charge is 0.159 e. The minimum Gasteiger partial charge on any atom is -0.544 e. The molecule has 2 atom stereocenters. The molecule has 0 spiro atoms. The molecular weight excluding hydrogens is 298 g/mol. The fourth-order valence-corrected chi connectivity index (χ4v) is 3.71. The SMILES string of the molecule is O=C([O-])[C@@H]1CS[C@@H](c2cccc(OCc3ccccc3)c2)[NH2+]1. The lowest BCUT2D eigenvalue weighted by atomic mass is 10.2. The maximum absolute atomic E-state index is 10.9. The number of benzene rings is 2. The van der Waals surface area contributed by atoms with E-state index in [4.69, 9.17) is 4.74 Å². The van der Waals surface area contributed by atoms with Crippen LogP contribution in [0.2, 0.25) is 0 Å². The number of rotatable bonds is 5. The Balaban J connectivity index is 1.64. The Morgan fingerprint density at radius 2 is 2.05 bits per heavy atom. The molecule has 0 aromatic heterocycles. The molecule has 0 saturated carbocycles. The highest BCUT2D eigenvalue weighted by Crippen LogP contribution is 2.29. The second kappa shape index (κ2) is 6.85. The van der Waals surface area contributed by atoms with Crippen LogP contribution in [0.5, 0.6) is 5.75 Å². The number of thioether (sulfide) groups is 1. The number of quaternary nitrogens is 1. The van der Waals surface area contributed by atoms with Crippen molar-refractivity contribution in [3.63, 3.8) is 0 Å². The number of nitrogens with two attached hydrogens (primary N) is 1. The molecule has 0 amide bonds. The third kappa shape index (κ3) is 3.61. The summed E-state index contributed by atoms with van der Waals surface area (Å²) in [6.07, 6.45) is 0. The van der Waals surface area contributed by atoms with E-state index in [2.05, 4.69) is 0 Å². The average Bonchev–Trinajstić information content (AvgIpc) is 3.05. The van der Waals surface area contributed by atoms with Gasteiger partial charge in [0, 0.05) is 5.56 Å². The standard InChI is InChI=1S/C17H17NO3S/c19-17(20)15-11-22-16(18-15)13-7-4-8-14(9-13)21-10-12-5-2-1-3-6-12/h1-9,15-16,18H,10-11H2,(H,19,20)/t15-,16-/m0/s1. The molecule has 1 aliphatic heterocycles. The van der Waals surface area contributed by atoms with E-state index in [-0.39, 0.29) is 5.37 Å². The monoisotopic (exact) mass is 315 g/mol. The molecule has 0 bridgehead atoms. The van der Waals surface area contributed by atoms with Gasteiger partial charge in [-0.2, -0.15) is 0 Å². The van der Waals surface area contributed by atoms with Gasteiger partial charge >= 0.3 is 0 Å². The third-order valence-electron chi connectivity index (χ3n) is 3.60. The summed E-state index contributed by atoms with van der Waals surface area (Å²) >= 11 is 1.62. The van der Waals surface area contributed by atoms with Crippen LogP contribution in [0.4, 0.5) is 0 Å². The molecule has 114 valence electrons. The zero-order valence-electron chi connectivity index (χ0n) is 12.0. The fraction of sp³-hybridized carbons (Fsp3) is 0.235. The van der Waals surface area contributed by atoms with Gasteiger partial charge in [0.05, 0.1) is 5.75 Å². The van der Waals surface area contributed by atoms with Crippen molar-refractivity contribution in [2.75, 3.05) is 5.75 Å². The molecule has 4 nitrogen and oxygen atoms in total. The minimum atomic E-state index is -0.994. The van der Waals surface area contributed by atoms with Gasteiger partial charge < -0.3 is 20.0 Å². The van der Waals surface area contributed by atoms with Crippen LogP contribution >= 0.6 is 11.8 Å². The second-order valence-corrected chi connectivity index (χ2v) is 6.39. The van der Waals surface area contributed by atoms with Gasteiger partial charge in [0.1, 0.15) is 24.4 Å². The van der Waals surface area contributed by atoms with Crippen molar-refractivity contribution in [2.24, 2.45) is 0 Å². The van der Waals surface area contributed by atoms with E-state index in [9.17, 15) is 9.90 Å². The fourth-order valence-electron chi connectivity index (χ4n) is 2.41. The molecule has 0 unspecified atom stereocenters. The van der Waals surface area contributed by atoms with Crippen molar-refractivity contribution in [3.8, 4) is 5.75 Å². The molecule has 1 aliphatic rings. The van der Waals surface area contributed by atoms with Gasteiger partial charge in [-0.15, -0.1) is 0 Å². The predicted octanol–water partition coefficient (Wildman–Crippen LogP) is 0.693. The van der Waals surface area contributed by atoms with Gasteiger partial charge in [-0.1, -0.05) is 54.2 Å². The minimum absolute atomic E-state index is 0.0863. The van der Waals surface area contributed by atoms with E-state index >= 15 is 0 Å². The van der Waals surface area contributed by atoms with E-state index in [0.717, 1.165) is 16.9 Å². The van der Waals surface area contributed by atoms with Crippen molar-refractivity contribution in [1.82, 2.24) is 0 Å². The lowest BCUT2D eigenvalue weighted by Gasteiger charge is -2.12. The molecule has 22 heavy (non-hydrogen) atoms. The highest BCUT2D eigenvalue weighted by Gasteiger charge is 2.30. The molecular formula is C17H17NO3S. The van der Waals surface area contributed by atoms with Crippen LogP contribution in [-0.2, 0) is 11.4 Å². The van der Waals surface area contributed by atoms with Crippen molar-refractivity contribution in [2.45, 2.75) is 18.0 Å². The normalized spacial score (nSPS) is 20.7. The quantitative estimate of drug-likeness (QED) is 0.882. The van der Waals surface area contributed by atoms with Crippen molar-refractivity contribution in [3.05, 3.63) is 65.7 Å². The van der Waals surface area contributed by atoms with Crippen LogP contribution in [0.1, 0.15) is 16.5 Å². The molecule has 3 rings (SSSR count). The summed E-state index contributed by atoms with van der Waals surface area (Å²) in [5.74, 6) is 0.376. The third-order valence-corrected chi connectivity index (χ3v) is 4.94. The first-order chi connectivity index (χ1) is 10.7. The predicted molar refractivity (Wildman–Crippen MR) is 83.1 cm³/mol. The Morgan fingerprint density at radius 3 is 2.77 bits per heavy atom. The van der Waals surface area contributed by atoms with Gasteiger partial charge in [0.15, 0.2) is 5.37 Å². The van der Waals surface area contributed by atoms with E-state index in [1.54, 1.807) is 11.8 Å². The molecule has 1 fully saturated rings. The number of carboxylic acid groups (broad SMARTS) is 1. The summed E-state index contributed by atoms with van der Waals surface area (Å²) in [5, 5.41) is 12.9. The van der Waals surface area contributed by atoms with Crippen molar-refractivity contribution >= 4 is 17.7 Å². The first kappa shape index (κ1) is 14.9. The molecule has 2 aromatic rings. The van der Waals surface area contributed by atoms with E-state index < -0.39 is 12.0 Å². The lowest BCUT2D eigenvalue weighted by Crippen LogP contribution is -2.90. The number of carboxylic acids is 1. The Kier molecular flexibility index (Phi) is 4.65. The average molecular weight is 315 g/mol. The zero-order chi connectivity index (χ0) is 15.4. The van der Waals surface area contributed by atoms with Gasteiger partial charge in [-0.25, -0.2) is 0 Å². The van der Waals surface area contributed by atoms with Crippen LogP contribution in [0.25, 0.3) is 0 Å². The Labute approximate surface area is 133 Å². The highest BCUT2D eigenvalue weighted by atomic mass is 32.2. The van der Waals surface area contributed by atoms with E-state index in [0.29, 0.717) is 12.4 Å². The highest BCUT2D eigenvalue weighted by molar-refractivity contribution is 7.99. The summed E-state index contributed by atoms with van der Waals surface area (Å²) < 4.78 is 5.81. The van der Waals surface area contributed by atoms with Crippen LogP contribution in [0.3, 0.4) is 0 Å². The number of carbonyl (C=O) groups is 1. The summed E-state index contributed by atoms with van der Waals surface area (Å²) in [4.78, 5) is 10.9. The van der Waals surface area contributed by atoms with Crippen LogP contribution < -0.4 is 15.2 Å². The number of hydrogen-bond donors (Lipinski definition) is 1. The molecule has 0 radical (unpaired) electrons. The molecule has 2 aromatic carbocycles. The maximum atomic E-state index is 10.9. The lowest BCUT2D eigenvalue weighted by molar-refractivity contribution is -0.690. The van der Waals surface area contributed by atoms with Gasteiger partial charge in [-0.05, 0) is 17.7 Å². The molecule has 1 saturated heterocycles. The Morgan fingerprint density at radius 1 is 1.23 bits per heavy atom. The number of hydrogen-bond acceptors (Lipinski definition) is 4. The van der Waals surface area contributed by atoms with Crippen molar-refractivity contribution < 1.29 is 20.0 Å². The zero-order valence-corrected chi connectivity index (χ0v) is 12.8. The van der Waals surface area contributed by atoms with Crippen LogP contribution in [-0.4, -0.2) is 17.8 Å².